The first-order valence-electron chi connectivity index (χ1n) is 10.9. The fourth-order valence-corrected chi connectivity index (χ4v) is 5.02. The highest BCUT2D eigenvalue weighted by Gasteiger charge is 2.37. The predicted molar refractivity (Wildman–Crippen MR) is 123 cm³/mol. The minimum Gasteiger partial charge on any atom is -0.447 e. The smallest absolute Gasteiger partial charge is 0.410 e. The number of aliphatic hydroxyl groups is 1. The van der Waals surface area contributed by atoms with Crippen LogP contribution in [0, 0.1) is 0 Å². The van der Waals surface area contributed by atoms with Gasteiger partial charge >= 0.3 is 6.09 Å². The number of aliphatic hydroxyl groups excluding tert-OH is 1. The van der Waals surface area contributed by atoms with Crippen LogP contribution in [-0.4, -0.2) is 66.6 Å². The number of rotatable bonds is 8. The van der Waals surface area contributed by atoms with Crippen LogP contribution in [0.5, 0.6) is 0 Å². The number of nitrogens with one attached hydrogen (secondary N) is 1. The van der Waals surface area contributed by atoms with Gasteiger partial charge in [0.1, 0.15) is 0 Å². The molecule has 0 bridgehead atoms. The summed E-state index contributed by atoms with van der Waals surface area (Å²) in [6, 6.07) is 14.5. The fourth-order valence-electron chi connectivity index (χ4n) is 3.93. The van der Waals surface area contributed by atoms with E-state index in [1.165, 1.54) is 0 Å². The highest BCUT2D eigenvalue weighted by Crippen LogP contribution is 2.24. The lowest BCUT2D eigenvalue weighted by Gasteiger charge is -2.41. The molecule has 1 saturated heterocycles. The number of carbonyl (C=O) groups excluding carboxylic acids is 1. The van der Waals surface area contributed by atoms with E-state index in [0.29, 0.717) is 25.8 Å². The molecule has 1 aliphatic heterocycles. The van der Waals surface area contributed by atoms with Crippen LogP contribution in [0.15, 0.2) is 48.5 Å². The maximum Gasteiger partial charge on any atom is 0.410 e. The largest absolute Gasteiger partial charge is 0.447 e. The molecular weight excluding hydrogens is 430 g/mol. The van der Waals surface area contributed by atoms with Crippen molar-refractivity contribution in [2.45, 2.75) is 51.3 Å². The number of ether oxygens (including phenoxy) is 1. The molecule has 0 saturated carbocycles. The molecule has 1 aromatic carbocycles. The molecule has 1 aliphatic rings. The maximum absolute atomic E-state index is 12.8. The third-order valence-corrected chi connectivity index (χ3v) is 6.72. The quantitative estimate of drug-likeness (QED) is 0.625. The van der Waals surface area contributed by atoms with Gasteiger partial charge in [-0.25, -0.2) is 17.9 Å². The van der Waals surface area contributed by atoms with E-state index in [-0.39, 0.29) is 11.9 Å². The molecule has 174 valence electrons. The van der Waals surface area contributed by atoms with E-state index in [0.717, 1.165) is 17.0 Å². The number of hydrogen-bond acceptors (Lipinski definition) is 6. The van der Waals surface area contributed by atoms with E-state index in [4.69, 9.17) is 14.8 Å². The minimum absolute atomic E-state index is 0.283. The Morgan fingerprint density at radius 2 is 1.97 bits per heavy atom. The van der Waals surface area contributed by atoms with Gasteiger partial charge in [-0.15, -0.1) is 0 Å². The number of aromatic nitrogens is 1. The lowest BCUT2D eigenvalue weighted by molar-refractivity contribution is 0.0459. The van der Waals surface area contributed by atoms with Gasteiger partial charge in [0.05, 0.1) is 30.2 Å². The van der Waals surface area contributed by atoms with Gasteiger partial charge in [-0.05, 0) is 38.8 Å². The van der Waals surface area contributed by atoms with Crippen molar-refractivity contribution >= 4 is 16.1 Å². The number of nitrogens with zero attached hydrogens (tertiary/aromatic N) is 2. The molecule has 1 aromatic heterocycles. The van der Waals surface area contributed by atoms with Crippen molar-refractivity contribution in [1.82, 2.24) is 14.6 Å². The Hall–Kier alpha value is -2.49. The van der Waals surface area contributed by atoms with Gasteiger partial charge in [-0.3, -0.25) is 4.98 Å². The van der Waals surface area contributed by atoms with Crippen molar-refractivity contribution in [2.24, 2.45) is 0 Å². The normalized spacial score (nSPS) is 19.2. The number of hydrogen-bond donors (Lipinski definition) is 2. The summed E-state index contributed by atoms with van der Waals surface area (Å²) in [4.78, 5) is 19.2. The van der Waals surface area contributed by atoms with Crippen molar-refractivity contribution in [1.29, 1.82) is 0 Å². The fraction of sp³-hybridized carbons (Fsp3) is 0.478. The Bertz CT molecular complexity index is 998. The van der Waals surface area contributed by atoms with Gasteiger partial charge in [0.2, 0.25) is 10.0 Å². The topological polar surface area (TPSA) is 109 Å². The molecule has 3 rings (SSSR count). The van der Waals surface area contributed by atoms with E-state index in [1.54, 1.807) is 18.7 Å². The predicted octanol–water partition coefficient (Wildman–Crippen LogP) is 2.58. The Labute approximate surface area is 189 Å². The van der Waals surface area contributed by atoms with Gasteiger partial charge < -0.3 is 14.7 Å². The first kappa shape index (κ1) is 24.2. The highest BCUT2D eigenvalue weighted by atomic mass is 32.2. The number of benzene rings is 1. The molecule has 9 heteroatoms. The Kier molecular flexibility index (Phi) is 8.22. The van der Waals surface area contributed by atoms with Crippen LogP contribution in [0.4, 0.5) is 4.79 Å². The SMILES string of the molecule is CC(C)OC(=O)N1CCC[C@H](NS(=O)(=O)CCO)[C@@H]1Cc1cccc(-c2ccccc2)n1. The Morgan fingerprint density at radius 3 is 2.66 bits per heavy atom. The molecule has 8 nitrogen and oxygen atoms in total. The van der Waals surface area contributed by atoms with Crippen LogP contribution < -0.4 is 4.72 Å². The Balaban J connectivity index is 1.89. The third kappa shape index (κ3) is 6.51. The van der Waals surface area contributed by atoms with Crippen molar-refractivity contribution in [3.63, 3.8) is 0 Å². The number of likely N-dealkylation sites (tertiary alicyclic amines) is 1. The first-order chi connectivity index (χ1) is 15.3. The zero-order chi connectivity index (χ0) is 23.1. The molecule has 1 fully saturated rings. The van der Waals surface area contributed by atoms with E-state index in [2.05, 4.69) is 4.72 Å². The number of carbonyl (C=O) groups is 1. The van der Waals surface area contributed by atoms with Crippen LogP contribution in [0.25, 0.3) is 11.3 Å². The van der Waals surface area contributed by atoms with Crippen molar-refractivity contribution in [2.75, 3.05) is 18.9 Å². The van der Waals surface area contributed by atoms with Gasteiger partial charge in [0.15, 0.2) is 0 Å². The second kappa shape index (κ2) is 10.9. The standard InChI is InChI=1S/C23H31N3O5S/c1-17(2)31-23(28)26-13-7-12-21(25-32(29,30)15-14-27)22(26)16-19-10-6-11-20(24-19)18-8-4-3-5-9-18/h3-6,8-11,17,21-22,25,27H,7,12-16H2,1-2H3/t21-,22-/m0/s1. The molecule has 2 atom stereocenters. The number of amides is 1. The van der Waals surface area contributed by atoms with Gasteiger partial charge in [-0.1, -0.05) is 36.4 Å². The molecule has 2 aromatic rings. The molecule has 0 spiro atoms. The minimum atomic E-state index is -3.68. The molecule has 0 unspecified atom stereocenters. The monoisotopic (exact) mass is 461 g/mol. The van der Waals surface area contributed by atoms with Crippen molar-refractivity contribution in [3.8, 4) is 11.3 Å². The zero-order valence-corrected chi connectivity index (χ0v) is 19.3. The summed E-state index contributed by atoms with van der Waals surface area (Å²) in [6.45, 7) is 3.58. The van der Waals surface area contributed by atoms with E-state index < -0.39 is 34.8 Å². The number of pyridine rings is 1. The molecule has 2 heterocycles. The van der Waals surface area contributed by atoms with Crippen LogP contribution in [-0.2, 0) is 21.2 Å². The summed E-state index contributed by atoms with van der Waals surface area (Å²) in [5.74, 6) is -0.381. The van der Waals surface area contributed by atoms with E-state index >= 15 is 0 Å². The lowest BCUT2D eigenvalue weighted by atomic mass is 9.93. The average molecular weight is 462 g/mol. The first-order valence-corrected chi connectivity index (χ1v) is 12.5. The molecule has 0 radical (unpaired) electrons. The van der Waals surface area contributed by atoms with E-state index in [9.17, 15) is 13.2 Å². The molecule has 2 N–H and O–H groups in total. The summed E-state index contributed by atoms with van der Waals surface area (Å²) >= 11 is 0. The van der Waals surface area contributed by atoms with Crippen LogP contribution in [0.3, 0.4) is 0 Å². The summed E-state index contributed by atoms with van der Waals surface area (Å²) in [7, 11) is -3.68. The number of piperidine rings is 1. The highest BCUT2D eigenvalue weighted by molar-refractivity contribution is 7.89. The second-order valence-corrected chi connectivity index (χ2v) is 10.1. The van der Waals surface area contributed by atoms with Crippen molar-refractivity contribution in [3.05, 3.63) is 54.2 Å². The van der Waals surface area contributed by atoms with Crippen LogP contribution in [0.1, 0.15) is 32.4 Å². The summed E-state index contributed by atoms with van der Waals surface area (Å²) in [5, 5.41) is 9.10. The van der Waals surface area contributed by atoms with Gasteiger partial charge in [0.25, 0.3) is 0 Å². The zero-order valence-electron chi connectivity index (χ0n) is 18.5. The number of sulfonamides is 1. The maximum atomic E-state index is 12.8. The van der Waals surface area contributed by atoms with Gasteiger partial charge in [0, 0.05) is 30.3 Å². The molecule has 0 aliphatic carbocycles. The second-order valence-electron chi connectivity index (χ2n) is 8.19. The third-order valence-electron chi connectivity index (χ3n) is 5.34. The van der Waals surface area contributed by atoms with Crippen LogP contribution >= 0.6 is 0 Å². The van der Waals surface area contributed by atoms with Crippen molar-refractivity contribution < 1.29 is 23.1 Å². The molecule has 1 amide bonds. The Morgan fingerprint density at radius 1 is 1.22 bits per heavy atom. The average Bonchev–Trinajstić information content (AvgIpc) is 2.75. The molecular formula is C23H31N3O5S. The van der Waals surface area contributed by atoms with Gasteiger partial charge in [-0.2, -0.15) is 0 Å². The lowest BCUT2D eigenvalue weighted by Crippen LogP contribution is -2.58. The summed E-state index contributed by atoms with van der Waals surface area (Å²) in [5.41, 5.74) is 2.55. The molecule has 32 heavy (non-hydrogen) atoms. The van der Waals surface area contributed by atoms with Crippen LogP contribution in [0.2, 0.25) is 0 Å². The summed E-state index contributed by atoms with van der Waals surface area (Å²) in [6.07, 6.45) is 0.858. The summed E-state index contributed by atoms with van der Waals surface area (Å²) < 4.78 is 32.8. The van der Waals surface area contributed by atoms with E-state index in [1.807, 2.05) is 48.5 Å².